The highest BCUT2D eigenvalue weighted by molar-refractivity contribution is 6.05. The summed E-state index contributed by atoms with van der Waals surface area (Å²) in [5.74, 6) is -1.30. The zero-order valence-electron chi connectivity index (χ0n) is 20.6. The number of urea groups is 1. The van der Waals surface area contributed by atoms with Crippen molar-refractivity contribution < 1.29 is 18.9 Å². The van der Waals surface area contributed by atoms with Gasteiger partial charge in [-0.3, -0.25) is 14.9 Å². The Hall–Kier alpha value is -4.51. The van der Waals surface area contributed by atoms with E-state index in [9.17, 15) is 24.1 Å². The summed E-state index contributed by atoms with van der Waals surface area (Å²) >= 11 is 0. The molecule has 10 nitrogen and oxygen atoms in total. The molecule has 4 N–H and O–H groups in total. The Labute approximate surface area is 214 Å². The molecule has 3 aromatic rings. The van der Waals surface area contributed by atoms with Crippen LogP contribution in [0.4, 0.5) is 31.9 Å². The maximum atomic E-state index is 13.7. The lowest BCUT2D eigenvalue weighted by molar-refractivity contribution is -0.387. The van der Waals surface area contributed by atoms with E-state index in [0.29, 0.717) is 29.9 Å². The number of nitrogens with one attached hydrogen (secondary N) is 2. The number of carbonyl (C=O) groups is 2. The first-order chi connectivity index (χ1) is 17.6. The van der Waals surface area contributed by atoms with Gasteiger partial charge in [0.1, 0.15) is 0 Å². The number of nitro groups is 1. The van der Waals surface area contributed by atoms with Crippen LogP contribution in [0.15, 0.2) is 66.7 Å². The van der Waals surface area contributed by atoms with Crippen molar-refractivity contribution in [3.05, 3.63) is 93.8 Å². The van der Waals surface area contributed by atoms with Gasteiger partial charge in [0.2, 0.25) is 5.82 Å². The van der Waals surface area contributed by atoms with Gasteiger partial charge in [-0.1, -0.05) is 24.3 Å². The van der Waals surface area contributed by atoms with Gasteiger partial charge in [0.25, 0.3) is 5.91 Å². The molecule has 0 aliphatic carbocycles. The number of anilines is 3. The molecule has 3 aromatic carbocycles. The first kappa shape index (κ1) is 27.1. The number of nitrogens with two attached hydrogens (primary N) is 1. The molecule has 0 unspecified atom stereocenters. The van der Waals surface area contributed by atoms with Crippen molar-refractivity contribution in [1.82, 2.24) is 9.80 Å². The summed E-state index contributed by atoms with van der Waals surface area (Å²) < 4.78 is 13.7. The molecule has 0 aliphatic heterocycles. The predicted molar refractivity (Wildman–Crippen MR) is 141 cm³/mol. The van der Waals surface area contributed by atoms with Crippen LogP contribution < -0.4 is 16.4 Å². The molecule has 0 radical (unpaired) electrons. The molecule has 0 aromatic heterocycles. The number of nitrogens with zero attached hydrogens (tertiary/aromatic N) is 3. The van der Waals surface area contributed by atoms with Crippen molar-refractivity contribution in [1.29, 1.82) is 0 Å². The third-order valence-corrected chi connectivity index (χ3v) is 5.51. The van der Waals surface area contributed by atoms with E-state index >= 15 is 0 Å². The second kappa shape index (κ2) is 12.5. The maximum Gasteiger partial charge on any atom is 0.322 e. The highest BCUT2D eigenvalue weighted by Gasteiger charge is 2.19. The molecule has 3 amide bonds. The molecule has 3 rings (SSSR count). The fourth-order valence-corrected chi connectivity index (χ4v) is 3.55. The van der Waals surface area contributed by atoms with Gasteiger partial charge in [0.15, 0.2) is 0 Å². The number of amides is 3. The summed E-state index contributed by atoms with van der Waals surface area (Å²) in [6.07, 6.45) is 0.684. The number of benzene rings is 3. The Balaban J connectivity index is 1.71. The third kappa shape index (κ3) is 7.74. The quantitative estimate of drug-likeness (QED) is 0.209. The fraction of sp³-hybridized carbons (Fsp3) is 0.231. The van der Waals surface area contributed by atoms with Crippen LogP contribution >= 0.6 is 0 Å². The highest BCUT2D eigenvalue weighted by Crippen LogP contribution is 2.22. The molecule has 11 heteroatoms. The molecule has 0 saturated heterocycles. The van der Waals surface area contributed by atoms with Crippen LogP contribution in [0, 0.1) is 15.9 Å². The number of para-hydroxylation sites is 2. The molecular weight excluding hydrogens is 479 g/mol. The average molecular weight is 509 g/mol. The van der Waals surface area contributed by atoms with Gasteiger partial charge < -0.3 is 26.2 Å². The summed E-state index contributed by atoms with van der Waals surface area (Å²) in [6.45, 7) is 1.38. The van der Waals surface area contributed by atoms with Crippen molar-refractivity contribution in [2.24, 2.45) is 0 Å². The summed E-state index contributed by atoms with van der Waals surface area (Å²) in [6, 6.07) is 16.5. The SMILES string of the molecule is CN(C)CCCN(Cc1ccc(C(=O)Nc2ccccc2N)cc1)C(=O)Nc1ccc(F)c([N+](=O)[O-])c1. The van der Waals surface area contributed by atoms with Crippen molar-refractivity contribution in [2.45, 2.75) is 13.0 Å². The Morgan fingerprint density at radius 3 is 2.35 bits per heavy atom. The average Bonchev–Trinajstić information content (AvgIpc) is 2.86. The lowest BCUT2D eigenvalue weighted by Crippen LogP contribution is -2.36. The van der Waals surface area contributed by atoms with E-state index in [1.165, 1.54) is 6.07 Å². The Morgan fingerprint density at radius 1 is 1.00 bits per heavy atom. The van der Waals surface area contributed by atoms with Crippen molar-refractivity contribution in [3.8, 4) is 0 Å². The number of hydrogen-bond donors (Lipinski definition) is 3. The molecule has 0 saturated carbocycles. The van der Waals surface area contributed by atoms with Gasteiger partial charge in [0.05, 0.1) is 16.3 Å². The molecule has 0 atom stereocenters. The smallest absolute Gasteiger partial charge is 0.322 e. The summed E-state index contributed by atoms with van der Waals surface area (Å²) in [4.78, 5) is 39.4. The zero-order chi connectivity index (χ0) is 26.9. The third-order valence-electron chi connectivity index (χ3n) is 5.51. The molecule has 37 heavy (non-hydrogen) atoms. The normalized spacial score (nSPS) is 10.7. The topological polar surface area (TPSA) is 134 Å². The minimum atomic E-state index is -0.982. The summed E-state index contributed by atoms with van der Waals surface area (Å²) in [5, 5.41) is 16.4. The van der Waals surface area contributed by atoms with E-state index in [1.807, 2.05) is 19.0 Å². The molecule has 0 spiro atoms. The second-order valence-electron chi connectivity index (χ2n) is 8.67. The summed E-state index contributed by atoms with van der Waals surface area (Å²) in [5.41, 5.74) is 7.46. The van der Waals surface area contributed by atoms with E-state index < -0.39 is 22.5 Å². The fourth-order valence-electron chi connectivity index (χ4n) is 3.55. The molecule has 0 heterocycles. The first-order valence-electron chi connectivity index (χ1n) is 11.5. The molecule has 194 valence electrons. The minimum Gasteiger partial charge on any atom is -0.397 e. The van der Waals surface area contributed by atoms with Crippen LogP contribution in [-0.4, -0.2) is 53.8 Å². The van der Waals surface area contributed by atoms with Gasteiger partial charge in [-0.05, 0) is 69.0 Å². The monoisotopic (exact) mass is 508 g/mol. The van der Waals surface area contributed by atoms with Gasteiger partial charge >= 0.3 is 11.7 Å². The minimum absolute atomic E-state index is 0.114. The largest absolute Gasteiger partial charge is 0.397 e. The standard InChI is InChI=1S/C26H29FN6O4/c1-31(2)14-5-15-32(26(35)29-20-12-13-21(27)24(16-20)33(36)37)17-18-8-10-19(11-9-18)25(34)30-23-7-4-3-6-22(23)28/h3-4,6-13,16H,5,14-15,17,28H2,1-2H3,(H,29,35)(H,30,34). The van der Waals surface area contributed by atoms with E-state index in [4.69, 9.17) is 5.73 Å². The number of halogens is 1. The van der Waals surface area contributed by atoms with E-state index in [2.05, 4.69) is 10.6 Å². The van der Waals surface area contributed by atoms with Crippen LogP contribution in [0.5, 0.6) is 0 Å². The van der Waals surface area contributed by atoms with Crippen molar-refractivity contribution in [2.75, 3.05) is 43.6 Å². The molecule has 0 aliphatic rings. The van der Waals surface area contributed by atoms with Crippen LogP contribution in [-0.2, 0) is 6.54 Å². The highest BCUT2D eigenvalue weighted by atomic mass is 19.1. The van der Waals surface area contributed by atoms with E-state index in [0.717, 1.165) is 24.2 Å². The molecular formula is C26H29FN6O4. The number of carbonyl (C=O) groups excluding carboxylic acids is 2. The Kier molecular flexibility index (Phi) is 9.11. The lowest BCUT2D eigenvalue weighted by atomic mass is 10.1. The Morgan fingerprint density at radius 2 is 1.70 bits per heavy atom. The number of nitro benzene ring substituents is 1. The van der Waals surface area contributed by atoms with Crippen LogP contribution in [0.2, 0.25) is 0 Å². The lowest BCUT2D eigenvalue weighted by Gasteiger charge is -2.24. The molecule has 0 fully saturated rings. The predicted octanol–water partition coefficient (Wildman–Crippen LogP) is 4.55. The maximum absolute atomic E-state index is 13.7. The van der Waals surface area contributed by atoms with Crippen LogP contribution in [0.3, 0.4) is 0 Å². The Bertz CT molecular complexity index is 1270. The van der Waals surface area contributed by atoms with Crippen molar-refractivity contribution in [3.63, 3.8) is 0 Å². The number of nitrogen functional groups attached to an aromatic ring is 1. The van der Waals surface area contributed by atoms with Crippen LogP contribution in [0.25, 0.3) is 0 Å². The van der Waals surface area contributed by atoms with Crippen LogP contribution in [0.1, 0.15) is 22.3 Å². The molecule has 0 bridgehead atoms. The van der Waals surface area contributed by atoms with E-state index in [1.54, 1.807) is 53.4 Å². The van der Waals surface area contributed by atoms with E-state index in [-0.39, 0.29) is 18.1 Å². The number of hydrogen-bond acceptors (Lipinski definition) is 6. The van der Waals surface area contributed by atoms with Crippen molar-refractivity contribution >= 4 is 34.7 Å². The second-order valence-corrected chi connectivity index (χ2v) is 8.67. The summed E-state index contributed by atoms with van der Waals surface area (Å²) in [7, 11) is 3.85. The van der Waals surface area contributed by atoms with Gasteiger partial charge in [-0.2, -0.15) is 4.39 Å². The first-order valence-corrected chi connectivity index (χ1v) is 11.5. The van der Waals surface area contributed by atoms with Gasteiger partial charge in [-0.25, -0.2) is 4.79 Å². The van der Waals surface area contributed by atoms with Gasteiger partial charge in [0, 0.05) is 30.4 Å². The number of rotatable bonds is 10. The van der Waals surface area contributed by atoms with Gasteiger partial charge in [-0.15, -0.1) is 0 Å². The zero-order valence-corrected chi connectivity index (χ0v) is 20.6.